The van der Waals surface area contributed by atoms with E-state index >= 15 is 0 Å². The third-order valence-corrected chi connectivity index (χ3v) is 2.62. The minimum Gasteiger partial charge on any atom is -0.493 e. The summed E-state index contributed by atoms with van der Waals surface area (Å²) in [5.74, 6) is 1.62. The van der Waals surface area contributed by atoms with Crippen molar-refractivity contribution in [1.29, 1.82) is 0 Å². The fraction of sp³-hybridized carbons (Fsp3) is 0.250. The molecule has 0 bridgehead atoms. The summed E-state index contributed by atoms with van der Waals surface area (Å²) >= 11 is 5.70. The van der Waals surface area contributed by atoms with Crippen LogP contribution in [-0.2, 0) is 0 Å². The standard InChI is InChI=1S/C12H12ClNO4/c1-15-9-4-7(8-6-11(13)18-14-8)5-10(16-2)12(9)17-3/h4-6H,1-3H3. The second-order valence-corrected chi connectivity index (χ2v) is 3.80. The highest BCUT2D eigenvalue weighted by Gasteiger charge is 2.15. The average Bonchev–Trinajstić information content (AvgIpc) is 2.83. The number of ether oxygens (including phenoxy) is 3. The summed E-state index contributed by atoms with van der Waals surface area (Å²) in [5.41, 5.74) is 1.36. The summed E-state index contributed by atoms with van der Waals surface area (Å²) in [7, 11) is 4.65. The first-order valence-corrected chi connectivity index (χ1v) is 5.50. The van der Waals surface area contributed by atoms with Crippen molar-refractivity contribution in [3.8, 4) is 28.5 Å². The average molecular weight is 270 g/mol. The van der Waals surface area contributed by atoms with Gasteiger partial charge in [-0.2, -0.15) is 0 Å². The second-order valence-electron chi connectivity index (χ2n) is 3.43. The Morgan fingerprint density at radius 3 is 2.00 bits per heavy atom. The Bertz CT molecular complexity index is 528. The van der Waals surface area contributed by atoms with Crippen LogP contribution in [0.1, 0.15) is 0 Å². The molecule has 0 atom stereocenters. The van der Waals surface area contributed by atoms with Crippen molar-refractivity contribution in [1.82, 2.24) is 5.16 Å². The van der Waals surface area contributed by atoms with Gasteiger partial charge >= 0.3 is 0 Å². The topological polar surface area (TPSA) is 53.7 Å². The lowest BCUT2D eigenvalue weighted by Crippen LogP contribution is -1.95. The number of rotatable bonds is 4. The summed E-state index contributed by atoms with van der Waals surface area (Å²) in [6, 6.07) is 5.16. The molecule has 0 spiro atoms. The van der Waals surface area contributed by atoms with Gasteiger partial charge in [-0.15, -0.1) is 0 Å². The van der Waals surface area contributed by atoms with Gasteiger partial charge in [0.25, 0.3) is 0 Å². The van der Waals surface area contributed by atoms with E-state index in [0.29, 0.717) is 22.9 Å². The zero-order valence-corrected chi connectivity index (χ0v) is 10.9. The molecule has 0 amide bonds. The fourth-order valence-corrected chi connectivity index (χ4v) is 1.76. The third-order valence-electron chi connectivity index (χ3n) is 2.44. The number of halogens is 1. The van der Waals surface area contributed by atoms with Crippen molar-refractivity contribution in [2.75, 3.05) is 21.3 Å². The number of benzene rings is 1. The molecule has 0 fully saturated rings. The van der Waals surface area contributed by atoms with Crippen LogP contribution in [0.15, 0.2) is 22.7 Å². The molecule has 0 unspecified atom stereocenters. The van der Waals surface area contributed by atoms with Gasteiger partial charge in [-0.1, -0.05) is 5.16 Å². The SMILES string of the molecule is COc1cc(-c2cc(Cl)on2)cc(OC)c1OC. The zero-order chi connectivity index (χ0) is 13.1. The van der Waals surface area contributed by atoms with E-state index in [1.807, 2.05) is 0 Å². The Hall–Kier alpha value is -1.88. The Kier molecular flexibility index (Phi) is 3.62. The van der Waals surface area contributed by atoms with Crippen LogP contribution >= 0.6 is 11.6 Å². The lowest BCUT2D eigenvalue weighted by atomic mass is 10.1. The molecule has 0 aliphatic heterocycles. The van der Waals surface area contributed by atoms with Crippen LogP contribution in [0.3, 0.4) is 0 Å². The minimum absolute atomic E-state index is 0.221. The quantitative estimate of drug-likeness (QED) is 0.854. The van der Waals surface area contributed by atoms with E-state index in [0.717, 1.165) is 5.56 Å². The highest BCUT2D eigenvalue weighted by Crippen LogP contribution is 2.41. The molecule has 1 heterocycles. The van der Waals surface area contributed by atoms with Gasteiger partial charge in [-0.05, 0) is 23.7 Å². The molecule has 0 radical (unpaired) electrons. The van der Waals surface area contributed by atoms with Gasteiger partial charge in [0.15, 0.2) is 11.5 Å². The van der Waals surface area contributed by atoms with Crippen molar-refractivity contribution in [3.05, 3.63) is 23.4 Å². The number of hydrogen-bond donors (Lipinski definition) is 0. The lowest BCUT2D eigenvalue weighted by Gasteiger charge is -2.13. The molecule has 5 nitrogen and oxygen atoms in total. The van der Waals surface area contributed by atoms with Crippen LogP contribution < -0.4 is 14.2 Å². The van der Waals surface area contributed by atoms with E-state index in [9.17, 15) is 0 Å². The molecule has 0 aliphatic carbocycles. The lowest BCUT2D eigenvalue weighted by molar-refractivity contribution is 0.324. The first-order chi connectivity index (χ1) is 8.69. The second kappa shape index (κ2) is 5.18. The molecule has 0 aliphatic rings. The van der Waals surface area contributed by atoms with Crippen LogP contribution in [0.5, 0.6) is 17.2 Å². The van der Waals surface area contributed by atoms with E-state index in [-0.39, 0.29) is 5.22 Å². The van der Waals surface area contributed by atoms with Gasteiger partial charge in [-0.25, -0.2) is 0 Å². The molecular weight excluding hydrogens is 258 g/mol. The van der Waals surface area contributed by atoms with E-state index in [2.05, 4.69) is 5.16 Å². The highest BCUT2D eigenvalue weighted by atomic mass is 35.5. The number of aromatic nitrogens is 1. The van der Waals surface area contributed by atoms with Gasteiger partial charge in [0, 0.05) is 11.6 Å². The van der Waals surface area contributed by atoms with Crippen molar-refractivity contribution in [2.24, 2.45) is 0 Å². The largest absolute Gasteiger partial charge is 0.493 e. The number of methoxy groups -OCH3 is 3. The maximum Gasteiger partial charge on any atom is 0.226 e. The predicted molar refractivity (Wildman–Crippen MR) is 66.6 cm³/mol. The molecule has 6 heteroatoms. The third kappa shape index (κ3) is 2.22. The summed E-state index contributed by atoms with van der Waals surface area (Å²) in [6.07, 6.45) is 0. The van der Waals surface area contributed by atoms with Crippen molar-refractivity contribution in [2.45, 2.75) is 0 Å². The number of hydrogen-bond acceptors (Lipinski definition) is 5. The van der Waals surface area contributed by atoms with E-state index < -0.39 is 0 Å². The zero-order valence-electron chi connectivity index (χ0n) is 10.2. The highest BCUT2D eigenvalue weighted by molar-refractivity contribution is 6.29. The normalized spacial score (nSPS) is 10.2. The monoisotopic (exact) mass is 269 g/mol. The molecule has 18 heavy (non-hydrogen) atoms. The van der Waals surface area contributed by atoms with Gasteiger partial charge in [-0.3, -0.25) is 0 Å². The predicted octanol–water partition coefficient (Wildman–Crippen LogP) is 3.02. The van der Waals surface area contributed by atoms with Crippen LogP contribution in [-0.4, -0.2) is 26.5 Å². The molecular formula is C12H12ClNO4. The molecule has 1 aromatic carbocycles. The van der Waals surface area contributed by atoms with Crippen LogP contribution in [0.2, 0.25) is 5.22 Å². The fourth-order valence-electron chi connectivity index (χ4n) is 1.62. The van der Waals surface area contributed by atoms with Gasteiger partial charge in [0.1, 0.15) is 5.69 Å². The molecule has 2 rings (SSSR count). The Labute approximate surface area is 109 Å². The summed E-state index contributed by atoms with van der Waals surface area (Å²) in [5, 5.41) is 4.05. The van der Waals surface area contributed by atoms with Gasteiger partial charge < -0.3 is 18.7 Å². The van der Waals surface area contributed by atoms with Crippen molar-refractivity contribution in [3.63, 3.8) is 0 Å². The van der Waals surface area contributed by atoms with Crippen LogP contribution in [0.25, 0.3) is 11.3 Å². The van der Waals surface area contributed by atoms with Crippen LogP contribution in [0, 0.1) is 0 Å². The smallest absolute Gasteiger partial charge is 0.226 e. The maximum atomic E-state index is 5.70. The molecule has 1 aromatic heterocycles. The molecule has 0 N–H and O–H groups in total. The summed E-state index contributed by atoms with van der Waals surface area (Å²) < 4.78 is 20.6. The summed E-state index contributed by atoms with van der Waals surface area (Å²) in [6.45, 7) is 0. The Balaban J connectivity index is 2.56. The minimum atomic E-state index is 0.221. The Morgan fingerprint density at radius 2 is 1.61 bits per heavy atom. The Morgan fingerprint density at radius 1 is 1.00 bits per heavy atom. The van der Waals surface area contributed by atoms with E-state index in [4.69, 9.17) is 30.3 Å². The van der Waals surface area contributed by atoms with Gasteiger partial charge in [0.05, 0.1) is 21.3 Å². The molecule has 2 aromatic rings. The molecule has 0 saturated carbocycles. The van der Waals surface area contributed by atoms with Crippen molar-refractivity contribution < 1.29 is 18.7 Å². The van der Waals surface area contributed by atoms with E-state index in [1.165, 1.54) is 0 Å². The van der Waals surface area contributed by atoms with Crippen molar-refractivity contribution >= 4 is 11.6 Å². The van der Waals surface area contributed by atoms with Crippen LogP contribution in [0.4, 0.5) is 0 Å². The molecule has 96 valence electrons. The van der Waals surface area contributed by atoms with Gasteiger partial charge in [0.2, 0.25) is 11.0 Å². The number of nitrogens with zero attached hydrogens (tertiary/aromatic N) is 1. The molecule has 0 saturated heterocycles. The van der Waals surface area contributed by atoms with E-state index in [1.54, 1.807) is 39.5 Å². The summed E-state index contributed by atoms with van der Waals surface area (Å²) in [4.78, 5) is 0. The maximum absolute atomic E-state index is 5.70. The first-order valence-electron chi connectivity index (χ1n) is 5.12. The first kappa shape index (κ1) is 12.6.